The van der Waals surface area contributed by atoms with E-state index in [1.54, 1.807) is 0 Å². The van der Waals surface area contributed by atoms with E-state index in [1.807, 2.05) is 0 Å². The standard InChI is InChI=1S/C12H26O3Si/c1-10(2)11-13-7-12(3,8-14-11)9-15-16(4,5)6/h10-11H,7-9H2,1-6H3. The van der Waals surface area contributed by atoms with Crippen molar-refractivity contribution in [2.45, 2.75) is 46.7 Å². The zero-order valence-corrected chi connectivity index (χ0v) is 12.5. The van der Waals surface area contributed by atoms with E-state index in [1.165, 1.54) is 0 Å². The van der Waals surface area contributed by atoms with Crippen molar-refractivity contribution in [3.05, 3.63) is 0 Å². The summed E-state index contributed by atoms with van der Waals surface area (Å²) in [6, 6.07) is 0. The fourth-order valence-electron chi connectivity index (χ4n) is 1.52. The minimum Gasteiger partial charge on any atom is -0.417 e. The van der Waals surface area contributed by atoms with Crippen LogP contribution in [0.2, 0.25) is 19.6 Å². The van der Waals surface area contributed by atoms with E-state index in [0.29, 0.717) is 5.92 Å². The van der Waals surface area contributed by atoms with E-state index in [9.17, 15) is 0 Å². The van der Waals surface area contributed by atoms with Gasteiger partial charge in [0, 0.05) is 17.9 Å². The summed E-state index contributed by atoms with van der Waals surface area (Å²) in [5.41, 5.74) is 0.0195. The molecule has 0 aromatic rings. The van der Waals surface area contributed by atoms with Crippen LogP contribution in [0.5, 0.6) is 0 Å². The van der Waals surface area contributed by atoms with Crippen LogP contribution in [-0.2, 0) is 13.9 Å². The van der Waals surface area contributed by atoms with Crippen molar-refractivity contribution in [1.82, 2.24) is 0 Å². The second-order valence-electron chi connectivity index (χ2n) is 6.45. The molecule has 0 unspecified atom stereocenters. The molecule has 0 radical (unpaired) electrons. The summed E-state index contributed by atoms with van der Waals surface area (Å²) in [6.07, 6.45) is -0.0417. The number of hydrogen-bond donors (Lipinski definition) is 0. The first-order valence-electron chi connectivity index (χ1n) is 6.09. The molecule has 1 rings (SSSR count). The molecule has 0 bridgehead atoms. The van der Waals surface area contributed by atoms with Crippen LogP contribution >= 0.6 is 0 Å². The highest BCUT2D eigenvalue weighted by atomic mass is 28.4. The first-order valence-corrected chi connectivity index (χ1v) is 9.50. The topological polar surface area (TPSA) is 27.7 Å². The molecule has 0 amide bonds. The molecule has 4 heteroatoms. The minimum atomic E-state index is -1.44. The van der Waals surface area contributed by atoms with E-state index in [2.05, 4.69) is 40.4 Å². The Morgan fingerprint density at radius 2 is 1.75 bits per heavy atom. The van der Waals surface area contributed by atoms with Crippen LogP contribution in [0.15, 0.2) is 0 Å². The fourth-order valence-corrected chi connectivity index (χ4v) is 2.30. The van der Waals surface area contributed by atoms with E-state index < -0.39 is 8.32 Å². The predicted octanol–water partition coefficient (Wildman–Crippen LogP) is 2.87. The Morgan fingerprint density at radius 3 is 2.12 bits per heavy atom. The van der Waals surface area contributed by atoms with Gasteiger partial charge in [-0.1, -0.05) is 20.8 Å². The molecular formula is C12H26O3Si. The maximum absolute atomic E-state index is 5.95. The molecule has 0 aliphatic carbocycles. The molecule has 3 nitrogen and oxygen atoms in total. The molecule has 1 aliphatic heterocycles. The fraction of sp³-hybridized carbons (Fsp3) is 1.00. The lowest BCUT2D eigenvalue weighted by molar-refractivity contribution is -0.246. The minimum absolute atomic E-state index is 0.0195. The smallest absolute Gasteiger partial charge is 0.183 e. The molecule has 0 aromatic heterocycles. The highest BCUT2D eigenvalue weighted by molar-refractivity contribution is 6.69. The summed E-state index contributed by atoms with van der Waals surface area (Å²) in [4.78, 5) is 0. The Kier molecular flexibility index (Phi) is 4.57. The lowest BCUT2D eigenvalue weighted by Gasteiger charge is -2.39. The summed E-state index contributed by atoms with van der Waals surface area (Å²) in [5.74, 6) is 0.419. The van der Waals surface area contributed by atoms with E-state index in [0.717, 1.165) is 19.8 Å². The Labute approximate surface area is 101 Å². The van der Waals surface area contributed by atoms with Crippen LogP contribution in [0.25, 0.3) is 0 Å². The van der Waals surface area contributed by atoms with Gasteiger partial charge < -0.3 is 13.9 Å². The maximum atomic E-state index is 5.95. The van der Waals surface area contributed by atoms with Gasteiger partial charge in [0.15, 0.2) is 14.6 Å². The van der Waals surface area contributed by atoms with Crippen molar-refractivity contribution < 1.29 is 13.9 Å². The summed E-state index contributed by atoms with van der Waals surface area (Å²) in [6.45, 7) is 15.2. The normalized spacial score (nSPS) is 32.1. The average Bonchev–Trinajstić information content (AvgIpc) is 2.15. The van der Waals surface area contributed by atoms with Crippen molar-refractivity contribution in [2.75, 3.05) is 19.8 Å². The zero-order chi connectivity index (χ0) is 12.4. The third-order valence-electron chi connectivity index (χ3n) is 2.59. The molecule has 96 valence electrons. The molecule has 0 N–H and O–H groups in total. The average molecular weight is 246 g/mol. The SMILES string of the molecule is CC(C)C1OCC(C)(CO[Si](C)(C)C)CO1. The highest BCUT2D eigenvalue weighted by Gasteiger charge is 2.35. The molecule has 1 saturated heterocycles. The molecule has 0 saturated carbocycles. The molecule has 1 aliphatic rings. The van der Waals surface area contributed by atoms with Crippen molar-refractivity contribution in [2.24, 2.45) is 11.3 Å². The Bertz CT molecular complexity index is 215. The lowest BCUT2D eigenvalue weighted by atomic mass is 9.93. The monoisotopic (exact) mass is 246 g/mol. The van der Waals surface area contributed by atoms with Gasteiger partial charge in [-0.2, -0.15) is 0 Å². The van der Waals surface area contributed by atoms with E-state index in [4.69, 9.17) is 13.9 Å². The van der Waals surface area contributed by atoms with Gasteiger partial charge >= 0.3 is 0 Å². The Morgan fingerprint density at radius 1 is 1.25 bits per heavy atom. The molecule has 0 atom stereocenters. The molecular weight excluding hydrogens is 220 g/mol. The van der Waals surface area contributed by atoms with Gasteiger partial charge in [0.25, 0.3) is 0 Å². The van der Waals surface area contributed by atoms with Crippen LogP contribution in [0.1, 0.15) is 20.8 Å². The van der Waals surface area contributed by atoms with Crippen molar-refractivity contribution in [3.63, 3.8) is 0 Å². The third-order valence-corrected chi connectivity index (χ3v) is 3.60. The highest BCUT2D eigenvalue weighted by Crippen LogP contribution is 2.28. The number of ether oxygens (including phenoxy) is 2. The summed E-state index contributed by atoms with van der Waals surface area (Å²) >= 11 is 0. The first-order chi connectivity index (χ1) is 7.22. The quantitative estimate of drug-likeness (QED) is 0.714. The second kappa shape index (κ2) is 5.17. The van der Waals surface area contributed by atoms with Crippen LogP contribution in [0, 0.1) is 11.3 Å². The Balaban J connectivity index is 2.38. The van der Waals surface area contributed by atoms with Crippen molar-refractivity contribution in [1.29, 1.82) is 0 Å². The summed E-state index contributed by atoms with van der Waals surface area (Å²) in [7, 11) is -1.44. The van der Waals surface area contributed by atoms with Gasteiger partial charge in [-0.15, -0.1) is 0 Å². The van der Waals surface area contributed by atoms with Crippen molar-refractivity contribution in [3.8, 4) is 0 Å². The lowest BCUT2D eigenvalue weighted by Crippen LogP contribution is -2.46. The number of rotatable bonds is 4. The van der Waals surface area contributed by atoms with Gasteiger partial charge in [0.05, 0.1) is 13.2 Å². The Hall–Kier alpha value is 0.0969. The summed E-state index contributed by atoms with van der Waals surface area (Å²) < 4.78 is 17.4. The van der Waals surface area contributed by atoms with Gasteiger partial charge in [-0.25, -0.2) is 0 Å². The van der Waals surface area contributed by atoms with Gasteiger partial charge in [0.1, 0.15) is 0 Å². The van der Waals surface area contributed by atoms with Crippen LogP contribution in [0.3, 0.4) is 0 Å². The molecule has 16 heavy (non-hydrogen) atoms. The third kappa shape index (κ3) is 4.53. The molecule has 0 spiro atoms. The van der Waals surface area contributed by atoms with Crippen LogP contribution in [-0.4, -0.2) is 34.4 Å². The summed E-state index contributed by atoms with van der Waals surface area (Å²) in [5, 5.41) is 0. The molecule has 1 heterocycles. The largest absolute Gasteiger partial charge is 0.417 e. The predicted molar refractivity (Wildman–Crippen MR) is 67.9 cm³/mol. The van der Waals surface area contributed by atoms with E-state index in [-0.39, 0.29) is 11.7 Å². The van der Waals surface area contributed by atoms with Gasteiger partial charge in [-0.05, 0) is 19.6 Å². The van der Waals surface area contributed by atoms with Crippen LogP contribution < -0.4 is 0 Å². The maximum Gasteiger partial charge on any atom is 0.183 e. The number of hydrogen-bond acceptors (Lipinski definition) is 3. The molecule has 1 fully saturated rings. The first kappa shape index (κ1) is 14.2. The zero-order valence-electron chi connectivity index (χ0n) is 11.5. The van der Waals surface area contributed by atoms with Gasteiger partial charge in [-0.3, -0.25) is 0 Å². The van der Waals surface area contributed by atoms with Gasteiger partial charge in [0.2, 0.25) is 0 Å². The molecule has 0 aromatic carbocycles. The second-order valence-corrected chi connectivity index (χ2v) is 11.0. The van der Waals surface area contributed by atoms with Crippen LogP contribution in [0.4, 0.5) is 0 Å². The van der Waals surface area contributed by atoms with Crippen molar-refractivity contribution >= 4 is 8.32 Å². The van der Waals surface area contributed by atoms with E-state index >= 15 is 0 Å².